The number of hydrogen-bond donors (Lipinski definition) is 2. The van der Waals surface area contributed by atoms with Crippen LogP contribution in [-0.4, -0.2) is 30.3 Å². The lowest BCUT2D eigenvalue weighted by Crippen LogP contribution is -2.59. The molecule has 148 valence electrons. The number of aliphatic hydroxyl groups is 1. The molecule has 3 fully saturated rings. The summed E-state index contributed by atoms with van der Waals surface area (Å²) in [6, 6.07) is 4.55. The average Bonchev–Trinajstić information content (AvgIpc) is 3.08. The first-order chi connectivity index (χ1) is 12.8. The van der Waals surface area contributed by atoms with Gasteiger partial charge in [0, 0.05) is 24.1 Å². The molecule has 1 spiro atoms. The minimum atomic E-state index is -0.350. The van der Waals surface area contributed by atoms with E-state index in [1.54, 1.807) is 6.07 Å². The second kappa shape index (κ2) is 6.71. The molecule has 1 saturated heterocycles. The molecule has 2 saturated carbocycles. The predicted octanol–water partition coefficient (Wildman–Crippen LogP) is 3.86. The first-order valence-corrected chi connectivity index (χ1v) is 10.1. The van der Waals surface area contributed by atoms with Crippen LogP contribution in [0.4, 0.5) is 4.39 Å². The van der Waals surface area contributed by atoms with Crippen LogP contribution < -0.4 is 5.32 Å². The van der Waals surface area contributed by atoms with Gasteiger partial charge in [-0.05, 0) is 59.6 Å². The number of benzene rings is 1. The zero-order valence-electron chi connectivity index (χ0n) is 15.8. The molecule has 6 heteroatoms. The van der Waals surface area contributed by atoms with Crippen LogP contribution in [0.5, 0.6) is 0 Å². The van der Waals surface area contributed by atoms with E-state index < -0.39 is 0 Å². The lowest BCUT2D eigenvalue weighted by Gasteiger charge is -2.53. The summed E-state index contributed by atoms with van der Waals surface area (Å²) in [6.07, 6.45) is 2.94. The Morgan fingerprint density at radius 2 is 2.22 bits per heavy atom. The number of amides is 1. The summed E-state index contributed by atoms with van der Waals surface area (Å²) in [5, 5.41) is 12.8. The highest BCUT2D eigenvalue weighted by atomic mass is 35.5. The standard InChI is InChI=1S/C21H27ClFNO3/c1-20(2)12-9-15-18(14-4-3-13(23)10-16(14)22)27-8-6-21(15,11-12)19(20)24-17(26)5-7-25/h3-4,10,12,15,18-19,25H,5-9,11H2,1-2H3,(H,24,26)/t12-,15-,18-,19+,21?/m1/s1. The van der Waals surface area contributed by atoms with Crippen molar-refractivity contribution in [1.29, 1.82) is 0 Å². The zero-order valence-corrected chi connectivity index (χ0v) is 16.6. The number of ether oxygens (including phenoxy) is 1. The zero-order chi connectivity index (χ0) is 19.4. The number of carbonyl (C=O) groups excluding carboxylic acids is 1. The van der Waals surface area contributed by atoms with Gasteiger partial charge in [0.25, 0.3) is 0 Å². The summed E-state index contributed by atoms with van der Waals surface area (Å²) in [6.45, 7) is 4.93. The highest BCUT2D eigenvalue weighted by Gasteiger charge is 2.68. The summed E-state index contributed by atoms with van der Waals surface area (Å²) in [4.78, 5) is 12.3. The average molecular weight is 396 g/mol. The maximum absolute atomic E-state index is 13.5. The van der Waals surface area contributed by atoms with Gasteiger partial charge in [0.15, 0.2) is 0 Å². The first-order valence-electron chi connectivity index (χ1n) is 9.76. The molecule has 4 rings (SSSR count). The smallest absolute Gasteiger partial charge is 0.222 e. The number of rotatable bonds is 4. The van der Waals surface area contributed by atoms with Crippen molar-refractivity contribution in [3.8, 4) is 0 Å². The van der Waals surface area contributed by atoms with Crippen LogP contribution in [0.2, 0.25) is 5.02 Å². The maximum atomic E-state index is 13.5. The highest BCUT2D eigenvalue weighted by Crippen LogP contribution is 2.70. The van der Waals surface area contributed by atoms with Gasteiger partial charge in [0.05, 0.1) is 12.7 Å². The summed E-state index contributed by atoms with van der Waals surface area (Å²) in [5.41, 5.74) is 0.795. The number of carbonyl (C=O) groups is 1. The minimum absolute atomic E-state index is 0.00387. The lowest BCUT2D eigenvalue weighted by molar-refractivity contribution is -0.137. The Morgan fingerprint density at radius 1 is 1.44 bits per heavy atom. The lowest BCUT2D eigenvalue weighted by atomic mass is 9.59. The number of hydrogen-bond acceptors (Lipinski definition) is 3. The molecular formula is C21H27ClFNO3. The molecule has 5 atom stereocenters. The molecule has 1 unspecified atom stereocenters. The Morgan fingerprint density at radius 3 is 2.93 bits per heavy atom. The molecule has 2 aliphatic carbocycles. The fourth-order valence-corrected chi connectivity index (χ4v) is 6.44. The van der Waals surface area contributed by atoms with Crippen molar-refractivity contribution >= 4 is 17.5 Å². The molecule has 4 nitrogen and oxygen atoms in total. The molecule has 2 bridgehead atoms. The van der Waals surface area contributed by atoms with Crippen molar-refractivity contribution in [3.05, 3.63) is 34.6 Å². The molecule has 1 aliphatic heterocycles. The van der Waals surface area contributed by atoms with Gasteiger partial charge >= 0.3 is 0 Å². The molecule has 1 aromatic carbocycles. The van der Waals surface area contributed by atoms with Crippen LogP contribution in [-0.2, 0) is 9.53 Å². The van der Waals surface area contributed by atoms with Crippen LogP contribution in [0.25, 0.3) is 0 Å². The molecule has 1 aromatic rings. The third-order valence-corrected chi connectivity index (χ3v) is 7.75. The van der Waals surface area contributed by atoms with E-state index in [1.807, 2.05) is 0 Å². The van der Waals surface area contributed by atoms with Crippen LogP contribution in [0, 0.1) is 28.5 Å². The normalized spacial score (nSPS) is 36.5. The van der Waals surface area contributed by atoms with Crippen molar-refractivity contribution in [2.24, 2.45) is 22.7 Å². The Hall–Kier alpha value is -1.17. The van der Waals surface area contributed by atoms with Crippen molar-refractivity contribution in [3.63, 3.8) is 0 Å². The van der Waals surface area contributed by atoms with E-state index in [4.69, 9.17) is 21.4 Å². The molecule has 1 amide bonds. The predicted molar refractivity (Wildman–Crippen MR) is 101 cm³/mol. The Labute approximate surface area is 164 Å². The molecule has 2 N–H and O–H groups in total. The molecule has 0 aromatic heterocycles. The van der Waals surface area contributed by atoms with Gasteiger partial charge in [0.1, 0.15) is 5.82 Å². The van der Waals surface area contributed by atoms with Crippen molar-refractivity contribution in [2.75, 3.05) is 13.2 Å². The number of fused-ring (bicyclic) bond motifs is 1. The van der Waals surface area contributed by atoms with Gasteiger partial charge in [-0.2, -0.15) is 0 Å². The van der Waals surface area contributed by atoms with Crippen LogP contribution in [0.3, 0.4) is 0 Å². The molecular weight excluding hydrogens is 369 g/mol. The summed E-state index contributed by atoms with van der Waals surface area (Å²) in [7, 11) is 0. The van der Waals surface area contributed by atoms with Crippen molar-refractivity contribution < 1.29 is 19.0 Å². The van der Waals surface area contributed by atoms with Gasteiger partial charge in [-0.25, -0.2) is 4.39 Å². The van der Waals surface area contributed by atoms with E-state index >= 15 is 0 Å². The van der Waals surface area contributed by atoms with E-state index in [2.05, 4.69) is 19.2 Å². The van der Waals surface area contributed by atoms with Crippen molar-refractivity contribution in [1.82, 2.24) is 5.32 Å². The van der Waals surface area contributed by atoms with Crippen LogP contribution >= 0.6 is 11.6 Å². The largest absolute Gasteiger partial charge is 0.396 e. The van der Waals surface area contributed by atoms with Crippen LogP contribution in [0.1, 0.15) is 51.2 Å². The number of halogens is 2. The summed E-state index contributed by atoms with van der Waals surface area (Å²) < 4.78 is 19.7. The van der Waals surface area contributed by atoms with Crippen molar-refractivity contribution in [2.45, 2.75) is 51.7 Å². The van der Waals surface area contributed by atoms with E-state index in [0.717, 1.165) is 24.8 Å². The molecule has 27 heavy (non-hydrogen) atoms. The second-order valence-electron chi connectivity index (χ2n) is 8.98. The van der Waals surface area contributed by atoms with E-state index in [-0.39, 0.29) is 53.6 Å². The maximum Gasteiger partial charge on any atom is 0.222 e. The fourth-order valence-electron chi connectivity index (χ4n) is 6.16. The van der Waals surface area contributed by atoms with E-state index in [9.17, 15) is 9.18 Å². The second-order valence-corrected chi connectivity index (χ2v) is 9.39. The first kappa shape index (κ1) is 19.2. The highest BCUT2D eigenvalue weighted by molar-refractivity contribution is 6.31. The van der Waals surface area contributed by atoms with Gasteiger partial charge in [-0.3, -0.25) is 4.79 Å². The molecule has 1 heterocycles. The Kier molecular flexibility index (Phi) is 4.76. The van der Waals surface area contributed by atoms with Gasteiger partial charge in [0.2, 0.25) is 5.91 Å². The van der Waals surface area contributed by atoms with E-state index in [1.165, 1.54) is 12.1 Å². The van der Waals surface area contributed by atoms with Gasteiger partial charge in [-0.15, -0.1) is 0 Å². The molecule has 3 aliphatic rings. The Balaban J connectivity index is 1.68. The monoisotopic (exact) mass is 395 g/mol. The third-order valence-electron chi connectivity index (χ3n) is 7.42. The number of nitrogens with one attached hydrogen (secondary N) is 1. The quantitative estimate of drug-likeness (QED) is 0.813. The number of aliphatic hydroxyl groups excluding tert-OH is 1. The van der Waals surface area contributed by atoms with Gasteiger partial charge in [-0.1, -0.05) is 31.5 Å². The SMILES string of the molecule is CC1(C)[C@@H]2C[C@@H]3[C@@H](c4ccc(F)cc4Cl)OCCC3(C2)[C@H]1NC(=O)CCO. The fraction of sp³-hybridized carbons (Fsp3) is 0.667. The minimum Gasteiger partial charge on any atom is -0.396 e. The van der Waals surface area contributed by atoms with Gasteiger partial charge < -0.3 is 15.2 Å². The Bertz CT molecular complexity index is 755. The topological polar surface area (TPSA) is 58.6 Å². The summed E-state index contributed by atoms with van der Waals surface area (Å²) >= 11 is 6.35. The van der Waals surface area contributed by atoms with Crippen LogP contribution in [0.15, 0.2) is 18.2 Å². The molecule has 0 radical (unpaired) electrons. The third kappa shape index (κ3) is 2.90. The summed E-state index contributed by atoms with van der Waals surface area (Å²) in [5.74, 6) is 0.286. The van der Waals surface area contributed by atoms with E-state index in [0.29, 0.717) is 17.5 Å².